The summed E-state index contributed by atoms with van der Waals surface area (Å²) < 4.78 is 0.969. The molecule has 0 aliphatic carbocycles. The fourth-order valence-electron chi connectivity index (χ4n) is 1.84. The molecule has 3 rings (SSSR count). The van der Waals surface area contributed by atoms with Gasteiger partial charge in [0, 0.05) is 10.1 Å². The van der Waals surface area contributed by atoms with Crippen molar-refractivity contribution >= 4 is 27.4 Å². The number of aromatic amines is 1. The van der Waals surface area contributed by atoms with E-state index in [-0.39, 0.29) is 11.4 Å². The summed E-state index contributed by atoms with van der Waals surface area (Å²) >= 11 is 1.51. The Labute approximate surface area is 106 Å². The summed E-state index contributed by atoms with van der Waals surface area (Å²) in [5, 5.41) is 19.4. The molecule has 0 amide bonds. The minimum atomic E-state index is -0.981. The van der Waals surface area contributed by atoms with Gasteiger partial charge in [0.2, 0.25) is 0 Å². The Morgan fingerprint density at radius 3 is 2.72 bits per heavy atom. The van der Waals surface area contributed by atoms with Crippen molar-refractivity contribution in [1.82, 2.24) is 4.98 Å². The Bertz CT molecular complexity index is 742. The van der Waals surface area contributed by atoms with Gasteiger partial charge in [0.1, 0.15) is 11.4 Å². The summed E-state index contributed by atoms with van der Waals surface area (Å²) in [7, 11) is 0. The fourth-order valence-corrected chi connectivity index (χ4v) is 2.90. The van der Waals surface area contributed by atoms with Crippen LogP contribution in [0.4, 0.5) is 0 Å². The van der Waals surface area contributed by atoms with Gasteiger partial charge in [-0.05, 0) is 30.3 Å². The quantitative estimate of drug-likeness (QED) is 0.661. The summed E-state index contributed by atoms with van der Waals surface area (Å²) in [6, 6.07) is 10.5. The molecule has 0 bridgehead atoms. The Hall–Kier alpha value is -2.27. The number of fused-ring (bicyclic) bond motifs is 1. The van der Waals surface area contributed by atoms with Crippen molar-refractivity contribution in [2.24, 2.45) is 0 Å². The minimum Gasteiger partial charge on any atom is -0.507 e. The number of aromatic nitrogens is 1. The zero-order chi connectivity index (χ0) is 12.7. The van der Waals surface area contributed by atoms with E-state index < -0.39 is 5.97 Å². The molecule has 4 nitrogen and oxygen atoms in total. The van der Waals surface area contributed by atoms with Gasteiger partial charge in [-0.15, -0.1) is 11.3 Å². The van der Waals surface area contributed by atoms with Crippen molar-refractivity contribution in [3.05, 3.63) is 42.1 Å². The van der Waals surface area contributed by atoms with Crippen LogP contribution in [0.5, 0.6) is 5.75 Å². The lowest BCUT2D eigenvalue weighted by atomic mass is 10.2. The molecule has 0 fully saturated rings. The summed E-state index contributed by atoms with van der Waals surface area (Å²) in [6.07, 6.45) is 0. The summed E-state index contributed by atoms with van der Waals surface area (Å²) in [5.41, 5.74) is 0.902. The molecule has 0 spiro atoms. The Balaban J connectivity index is 2.13. The largest absolute Gasteiger partial charge is 0.507 e. The van der Waals surface area contributed by atoms with Crippen LogP contribution in [-0.2, 0) is 0 Å². The van der Waals surface area contributed by atoms with Crippen molar-refractivity contribution < 1.29 is 15.0 Å². The number of benzene rings is 1. The molecule has 90 valence electrons. The van der Waals surface area contributed by atoms with Crippen molar-refractivity contribution in [2.75, 3.05) is 0 Å². The Morgan fingerprint density at radius 1 is 1.22 bits per heavy atom. The standard InChI is InChI=1S/C13H9NO3S/c15-10-2-1-3-11-7(10)6-12(18-11)8-4-5-9(14-8)13(16)17/h1-6,14-15H,(H,16,17). The van der Waals surface area contributed by atoms with Crippen molar-refractivity contribution in [1.29, 1.82) is 0 Å². The summed E-state index contributed by atoms with van der Waals surface area (Å²) in [6.45, 7) is 0. The van der Waals surface area contributed by atoms with Gasteiger partial charge in [-0.2, -0.15) is 0 Å². The Morgan fingerprint density at radius 2 is 2.06 bits per heavy atom. The second-order valence-electron chi connectivity index (χ2n) is 3.89. The van der Waals surface area contributed by atoms with Gasteiger partial charge in [-0.3, -0.25) is 0 Å². The van der Waals surface area contributed by atoms with Crippen LogP contribution in [0.25, 0.3) is 20.7 Å². The second kappa shape index (κ2) is 3.89. The molecule has 0 unspecified atom stereocenters. The smallest absolute Gasteiger partial charge is 0.352 e. The van der Waals surface area contributed by atoms with Crippen LogP contribution in [0.15, 0.2) is 36.4 Å². The van der Waals surface area contributed by atoms with Crippen molar-refractivity contribution in [2.45, 2.75) is 0 Å². The average molecular weight is 259 g/mol. The second-order valence-corrected chi connectivity index (χ2v) is 4.97. The monoisotopic (exact) mass is 259 g/mol. The van der Waals surface area contributed by atoms with Crippen LogP contribution in [0.1, 0.15) is 10.5 Å². The zero-order valence-electron chi connectivity index (χ0n) is 9.18. The van der Waals surface area contributed by atoms with E-state index in [9.17, 15) is 9.90 Å². The van der Waals surface area contributed by atoms with E-state index in [4.69, 9.17) is 5.11 Å². The van der Waals surface area contributed by atoms with E-state index in [2.05, 4.69) is 4.98 Å². The zero-order valence-corrected chi connectivity index (χ0v) is 9.99. The highest BCUT2D eigenvalue weighted by Crippen LogP contribution is 2.36. The van der Waals surface area contributed by atoms with Crippen LogP contribution >= 0.6 is 11.3 Å². The maximum absolute atomic E-state index is 10.8. The predicted octanol–water partition coefficient (Wildman–Crippen LogP) is 3.30. The van der Waals surface area contributed by atoms with E-state index in [1.165, 1.54) is 17.4 Å². The molecule has 2 heterocycles. The van der Waals surface area contributed by atoms with Gasteiger partial charge >= 0.3 is 5.97 Å². The number of carbonyl (C=O) groups is 1. The number of phenols is 1. The third kappa shape index (κ3) is 1.65. The van der Waals surface area contributed by atoms with E-state index in [1.807, 2.05) is 12.1 Å². The average Bonchev–Trinajstić information content (AvgIpc) is 2.95. The molecule has 0 aliphatic heterocycles. The fraction of sp³-hybridized carbons (Fsp3) is 0. The van der Waals surface area contributed by atoms with Crippen LogP contribution in [-0.4, -0.2) is 21.2 Å². The van der Waals surface area contributed by atoms with Crippen molar-refractivity contribution in [3.63, 3.8) is 0 Å². The molecule has 0 aliphatic rings. The number of hydrogen-bond donors (Lipinski definition) is 3. The Kier molecular flexibility index (Phi) is 2.34. The molecule has 3 aromatic rings. The van der Waals surface area contributed by atoms with E-state index in [0.29, 0.717) is 0 Å². The minimum absolute atomic E-state index is 0.159. The number of thiophene rings is 1. The highest BCUT2D eigenvalue weighted by Gasteiger charge is 2.11. The first-order valence-electron chi connectivity index (χ1n) is 5.29. The van der Waals surface area contributed by atoms with E-state index in [1.54, 1.807) is 18.2 Å². The first-order chi connectivity index (χ1) is 8.65. The SMILES string of the molecule is O=C(O)c1ccc(-c2cc3c(O)cccc3s2)[nH]1. The van der Waals surface area contributed by atoms with E-state index in [0.717, 1.165) is 20.7 Å². The number of H-pyrrole nitrogens is 1. The lowest BCUT2D eigenvalue weighted by molar-refractivity contribution is 0.0691. The van der Waals surface area contributed by atoms with Gasteiger partial charge in [-0.25, -0.2) is 4.79 Å². The highest BCUT2D eigenvalue weighted by molar-refractivity contribution is 7.22. The normalized spacial score (nSPS) is 10.9. The first-order valence-corrected chi connectivity index (χ1v) is 6.11. The maximum Gasteiger partial charge on any atom is 0.352 e. The maximum atomic E-state index is 10.8. The third-order valence-corrected chi connectivity index (χ3v) is 3.85. The van der Waals surface area contributed by atoms with E-state index >= 15 is 0 Å². The van der Waals surface area contributed by atoms with Crippen LogP contribution in [0, 0.1) is 0 Å². The molecule has 0 radical (unpaired) electrons. The lowest BCUT2D eigenvalue weighted by Gasteiger charge is -1.91. The molecule has 18 heavy (non-hydrogen) atoms. The molecular weight excluding hydrogens is 250 g/mol. The molecule has 0 atom stereocenters. The van der Waals surface area contributed by atoms with Crippen LogP contribution < -0.4 is 0 Å². The first kappa shape index (κ1) is 10.9. The van der Waals surface area contributed by atoms with Gasteiger partial charge in [0.15, 0.2) is 0 Å². The number of nitrogens with one attached hydrogen (secondary N) is 1. The number of rotatable bonds is 2. The molecule has 0 saturated heterocycles. The lowest BCUT2D eigenvalue weighted by Crippen LogP contribution is -1.95. The molecule has 0 saturated carbocycles. The molecule has 1 aromatic carbocycles. The number of phenolic OH excluding ortho intramolecular Hbond substituents is 1. The van der Waals surface area contributed by atoms with Crippen LogP contribution in [0.3, 0.4) is 0 Å². The van der Waals surface area contributed by atoms with Gasteiger partial charge in [0.05, 0.1) is 10.6 Å². The molecular formula is C13H9NO3S. The third-order valence-electron chi connectivity index (χ3n) is 2.72. The van der Waals surface area contributed by atoms with Crippen molar-refractivity contribution in [3.8, 4) is 16.3 Å². The molecule has 3 N–H and O–H groups in total. The number of aromatic hydroxyl groups is 1. The van der Waals surface area contributed by atoms with Crippen LogP contribution in [0.2, 0.25) is 0 Å². The summed E-state index contributed by atoms with van der Waals surface area (Å²) in [4.78, 5) is 14.5. The highest BCUT2D eigenvalue weighted by atomic mass is 32.1. The van der Waals surface area contributed by atoms with Gasteiger partial charge < -0.3 is 15.2 Å². The number of aromatic carboxylic acids is 1. The number of hydrogen-bond acceptors (Lipinski definition) is 3. The number of carboxylic acid groups (broad SMARTS) is 1. The summed E-state index contributed by atoms with van der Waals surface area (Å²) in [5.74, 6) is -0.745. The molecule has 2 aromatic heterocycles. The molecule has 5 heteroatoms. The van der Waals surface area contributed by atoms with Gasteiger partial charge in [0.25, 0.3) is 0 Å². The number of carboxylic acids is 1. The topological polar surface area (TPSA) is 73.3 Å². The predicted molar refractivity (Wildman–Crippen MR) is 70.2 cm³/mol. The van der Waals surface area contributed by atoms with Gasteiger partial charge in [-0.1, -0.05) is 6.07 Å².